The van der Waals surface area contributed by atoms with Gasteiger partial charge in [0.1, 0.15) is 0 Å². The van der Waals surface area contributed by atoms with Crippen molar-refractivity contribution in [3.05, 3.63) is 163 Å². The highest BCUT2D eigenvalue weighted by molar-refractivity contribution is 7.26. The van der Waals surface area contributed by atoms with Gasteiger partial charge in [0.05, 0.1) is 32.5 Å². The van der Waals surface area contributed by atoms with E-state index in [1.54, 1.807) is 0 Å². The number of para-hydroxylation sites is 2. The summed E-state index contributed by atoms with van der Waals surface area (Å²) >= 11 is 1.90. The molecule has 5 nitrogen and oxygen atoms in total. The van der Waals surface area contributed by atoms with E-state index < -0.39 is 0 Å². The van der Waals surface area contributed by atoms with Crippen LogP contribution < -0.4 is 0 Å². The molecule has 262 valence electrons. The van der Waals surface area contributed by atoms with Crippen molar-refractivity contribution in [3.8, 4) is 34.4 Å². The van der Waals surface area contributed by atoms with Crippen LogP contribution in [0.3, 0.4) is 0 Å². The summed E-state index contributed by atoms with van der Waals surface area (Å²) in [6.07, 6.45) is 3.52. The number of aromatic nitrogens is 5. The van der Waals surface area contributed by atoms with Crippen LogP contribution in [0.25, 0.3) is 98.2 Å². The topological polar surface area (TPSA) is 48.5 Å². The highest BCUT2D eigenvalue weighted by atomic mass is 32.1. The molecule has 0 spiro atoms. The van der Waals surface area contributed by atoms with Crippen molar-refractivity contribution < 1.29 is 0 Å². The normalized spacial score (nSPS) is 11.9. The molecule has 0 N–H and O–H groups in total. The third-order valence-electron chi connectivity index (χ3n) is 11.0. The first-order chi connectivity index (χ1) is 27.2. The molecule has 0 atom stereocenters. The number of unbranched alkanes of at least 4 members (excludes halogenated alkanes) is 1. The summed E-state index contributed by atoms with van der Waals surface area (Å²) in [5, 5.41) is 7.30. The Kier molecular flexibility index (Phi) is 7.39. The summed E-state index contributed by atoms with van der Waals surface area (Å²) in [5.74, 6) is 1.87. The van der Waals surface area contributed by atoms with Gasteiger partial charge in [0.25, 0.3) is 0 Å². The van der Waals surface area contributed by atoms with Crippen molar-refractivity contribution in [2.45, 2.75) is 26.2 Å². The number of nitrogens with zero attached hydrogens (tertiary/aromatic N) is 5. The Morgan fingerprint density at radius 1 is 0.509 bits per heavy atom. The van der Waals surface area contributed by atoms with Crippen LogP contribution in [0.4, 0.5) is 0 Å². The van der Waals surface area contributed by atoms with Gasteiger partial charge in [-0.05, 0) is 48.7 Å². The minimum atomic E-state index is 0.591. The number of fused-ring (bicyclic) bond motifs is 10. The lowest BCUT2D eigenvalue weighted by atomic mass is 10.1. The van der Waals surface area contributed by atoms with Crippen molar-refractivity contribution in [1.29, 1.82) is 0 Å². The van der Waals surface area contributed by atoms with Crippen LogP contribution >= 0.6 is 11.3 Å². The molecule has 4 aromatic heterocycles. The Balaban J connectivity index is 1.24. The van der Waals surface area contributed by atoms with E-state index in [1.165, 1.54) is 60.6 Å². The number of benzene rings is 7. The fraction of sp³-hybridized carbons (Fsp3) is 0.0816. The first-order valence-electron chi connectivity index (χ1n) is 19.0. The molecule has 0 fully saturated rings. The van der Waals surface area contributed by atoms with Crippen molar-refractivity contribution in [3.63, 3.8) is 0 Å². The van der Waals surface area contributed by atoms with Crippen LogP contribution in [0, 0.1) is 0 Å². The van der Waals surface area contributed by atoms with Crippen molar-refractivity contribution in [2.24, 2.45) is 0 Å². The van der Waals surface area contributed by atoms with Crippen LogP contribution in [-0.4, -0.2) is 24.1 Å². The quantitative estimate of drug-likeness (QED) is 0.164. The largest absolute Gasteiger partial charge is 0.308 e. The van der Waals surface area contributed by atoms with Crippen molar-refractivity contribution >= 4 is 75.1 Å². The van der Waals surface area contributed by atoms with E-state index in [2.05, 4.69) is 137 Å². The molecule has 0 aliphatic rings. The second-order valence-corrected chi connectivity index (χ2v) is 15.3. The summed E-state index contributed by atoms with van der Waals surface area (Å²) in [5.41, 5.74) is 8.95. The van der Waals surface area contributed by atoms with E-state index in [1.807, 2.05) is 47.7 Å². The van der Waals surface area contributed by atoms with E-state index in [4.69, 9.17) is 15.0 Å². The second-order valence-electron chi connectivity index (χ2n) is 14.3. The molecule has 0 amide bonds. The first kappa shape index (κ1) is 31.9. The average Bonchev–Trinajstić information content (AvgIpc) is 3.91. The monoisotopic (exact) mass is 725 g/mol. The molecular weight excluding hydrogens is 691 g/mol. The van der Waals surface area contributed by atoms with Gasteiger partial charge in [-0.15, -0.1) is 11.3 Å². The Labute approximate surface area is 321 Å². The maximum absolute atomic E-state index is 5.25. The van der Waals surface area contributed by atoms with E-state index in [9.17, 15) is 0 Å². The standard InChI is InChI=1S/C49H35N5S/c1-2-3-15-31-26-27-35-37-22-14-25-42(46(37)55-43(35)30-31)53-40-24-13-11-21-38(40)44-41(53)29-28-36-34-20-10-12-23-39(34)54(45(36)44)49-51-47(32-16-6-4-7-17-32)50-48(52-49)33-18-8-5-9-19-33/h4-14,16-30H,2-3,15H2,1H3. The Hall–Kier alpha value is -6.63. The number of rotatable bonds is 7. The average molecular weight is 726 g/mol. The molecule has 0 bridgehead atoms. The van der Waals surface area contributed by atoms with Crippen molar-refractivity contribution in [2.75, 3.05) is 0 Å². The van der Waals surface area contributed by atoms with Gasteiger partial charge in [-0.25, -0.2) is 4.98 Å². The molecule has 11 rings (SSSR count). The van der Waals surface area contributed by atoms with Gasteiger partial charge >= 0.3 is 0 Å². The molecule has 0 radical (unpaired) electrons. The lowest BCUT2D eigenvalue weighted by molar-refractivity contribution is 0.796. The summed E-state index contributed by atoms with van der Waals surface area (Å²) in [7, 11) is 0. The van der Waals surface area contributed by atoms with Gasteiger partial charge in [-0.2, -0.15) is 9.97 Å². The predicted octanol–water partition coefficient (Wildman–Crippen LogP) is 13.1. The molecule has 7 aromatic carbocycles. The highest BCUT2D eigenvalue weighted by Gasteiger charge is 2.24. The summed E-state index contributed by atoms with van der Waals surface area (Å²) in [4.78, 5) is 15.5. The molecule has 0 saturated carbocycles. The molecule has 0 aliphatic heterocycles. The molecule has 0 saturated heterocycles. The van der Waals surface area contributed by atoms with Gasteiger partial charge < -0.3 is 4.57 Å². The summed E-state index contributed by atoms with van der Waals surface area (Å²) in [6, 6.07) is 56.3. The van der Waals surface area contributed by atoms with Crippen LogP contribution in [-0.2, 0) is 6.42 Å². The molecule has 0 unspecified atom stereocenters. The SMILES string of the molecule is CCCCc1ccc2c(c1)sc1c(-n3c4ccccc4c4c3ccc3c5ccccc5n(-c5nc(-c6ccccc6)nc(-c6ccccc6)n5)c34)cccc12. The maximum Gasteiger partial charge on any atom is 0.238 e. The Morgan fingerprint density at radius 2 is 1.15 bits per heavy atom. The van der Waals surface area contributed by atoms with E-state index in [0.29, 0.717) is 17.6 Å². The van der Waals surface area contributed by atoms with Gasteiger partial charge in [0, 0.05) is 48.1 Å². The summed E-state index contributed by atoms with van der Waals surface area (Å²) < 4.78 is 7.38. The van der Waals surface area contributed by atoms with E-state index >= 15 is 0 Å². The summed E-state index contributed by atoms with van der Waals surface area (Å²) in [6.45, 7) is 2.26. The number of aryl methyl sites for hydroxylation is 1. The molecule has 0 aliphatic carbocycles. The van der Waals surface area contributed by atoms with Crippen LogP contribution in [0.5, 0.6) is 0 Å². The smallest absolute Gasteiger partial charge is 0.238 e. The van der Waals surface area contributed by atoms with Crippen LogP contribution in [0.1, 0.15) is 25.3 Å². The van der Waals surface area contributed by atoms with Gasteiger partial charge in [0.2, 0.25) is 5.95 Å². The first-order valence-corrected chi connectivity index (χ1v) is 19.8. The third-order valence-corrected chi connectivity index (χ3v) is 12.2. The third kappa shape index (κ3) is 5.02. The lowest BCUT2D eigenvalue weighted by Crippen LogP contribution is -2.06. The highest BCUT2D eigenvalue weighted by Crippen LogP contribution is 2.44. The second kappa shape index (κ2) is 12.8. The van der Waals surface area contributed by atoms with E-state index in [-0.39, 0.29) is 0 Å². The zero-order chi connectivity index (χ0) is 36.5. The van der Waals surface area contributed by atoms with Gasteiger partial charge in [-0.1, -0.05) is 141 Å². The zero-order valence-electron chi connectivity index (χ0n) is 30.3. The predicted molar refractivity (Wildman–Crippen MR) is 231 cm³/mol. The minimum absolute atomic E-state index is 0.591. The number of hydrogen-bond acceptors (Lipinski definition) is 4. The van der Waals surface area contributed by atoms with Gasteiger partial charge in [-0.3, -0.25) is 4.57 Å². The number of thiophene rings is 1. The Morgan fingerprint density at radius 3 is 1.87 bits per heavy atom. The van der Waals surface area contributed by atoms with Crippen LogP contribution in [0.2, 0.25) is 0 Å². The zero-order valence-corrected chi connectivity index (χ0v) is 31.1. The van der Waals surface area contributed by atoms with Crippen LogP contribution in [0.15, 0.2) is 158 Å². The molecule has 55 heavy (non-hydrogen) atoms. The molecule has 4 heterocycles. The minimum Gasteiger partial charge on any atom is -0.308 e. The molecular formula is C49H35N5S. The van der Waals surface area contributed by atoms with E-state index in [0.717, 1.165) is 44.9 Å². The fourth-order valence-corrected chi connectivity index (χ4v) is 9.68. The molecule has 6 heteroatoms. The fourth-order valence-electron chi connectivity index (χ4n) is 8.41. The van der Waals surface area contributed by atoms with Gasteiger partial charge in [0.15, 0.2) is 11.6 Å². The maximum atomic E-state index is 5.25. The van der Waals surface area contributed by atoms with Crippen molar-refractivity contribution in [1.82, 2.24) is 24.1 Å². The lowest BCUT2D eigenvalue weighted by Gasteiger charge is -2.12. The number of hydrogen-bond donors (Lipinski definition) is 0. The molecule has 11 aromatic rings. The Bertz CT molecular complexity index is 3190.